The molecular formula is C13H19NO4S. The van der Waals surface area contributed by atoms with Gasteiger partial charge in [0.2, 0.25) is 10.0 Å². The molecule has 0 fully saturated rings. The Labute approximate surface area is 113 Å². The third-order valence-corrected chi connectivity index (χ3v) is 5.01. The molecule has 0 saturated carbocycles. The zero-order chi connectivity index (χ0) is 14.6. The van der Waals surface area contributed by atoms with E-state index in [2.05, 4.69) is 0 Å². The fourth-order valence-electron chi connectivity index (χ4n) is 1.79. The fraction of sp³-hybridized carbons (Fsp3) is 0.462. The highest BCUT2D eigenvalue weighted by atomic mass is 32.2. The number of carbonyl (C=O) groups is 1. The van der Waals surface area contributed by atoms with Crippen LogP contribution in [0.2, 0.25) is 0 Å². The van der Waals surface area contributed by atoms with Crippen molar-refractivity contribution in [3.05, 3.63) is 29.3 Å². The Morgan fingerprint density at radius 3 is 2.47 bits per heavy atom. The van der Waals surface area contributed by atoms with Crippen LogP contribution in [0.4, 0.5) is 0 Å². The SMILES string of the molecule is CCN(CCC(=O)O)S(=O)(=O)c1cc(C)ccc1C. The van der Waals surface area contributed by atoms with E-state index >= 15 is 0 Å². The second kappa shape index (κ2) is 6.16. The predicted molar refractivity (Wildman–Crippen MR) is 72.6 cm³/mol. The first-order chi connectivity index (χ1) is 8.78. The summed E-state index contributed by atoms with van der Waals surface area (Å²) in [5.74, 6) is -1.00. The molecule has 0 saturated heterocycles. The lowest BCUT2D eigenvalue weighted by Crippen LogP contribution is -2.33. The number of nitrogens with zero attached hydrogens (tertiary/aromatic N) is 1. The Kier molecular flexibility index (Phi) is 5.08. The molecule has 0 heterocycles. The van der Waals surface area contributed by atoms with E-state index in [1.807, 2.05) is 13.0 Å². The Morgan fingerprint density at radius 1 is 1.32 bits per heavy atom. The molecule has 1 N–H and O–H groups in total. The minimum atomic E-state index is -3.63. The van der Waals surface area contributed by atoms with Crippen LogP contribution in [0.15, 0.2) is 23.1 Å². The van der Waals surface area contributed by atoms with Gasteiger partial charge in [-0.3, -0.25) is 4.79 Å². The minimum absolute atomic E-state index is 0.0124. The summed E-state index contributed by atoms with van der Waals surface area (Å²) in [4.78, 5) is 10.8. The fourth-order valence-corrected chi connectivity index (χ4v) is 3.55. The van der Waals surface area contributed by atoms with E-state index < -0.39 is 16.0 Å². The molecular weight excluding hydrogens is 266 g/mol. The van der Waals surface area contributed by atoms with Crippen molar-refractivity contribution in [3.63, 3.8) is 0 Å². The lowest BCUT2D eigenvalue weighted by Gasteiger charge is -2.21. The van der Waals surface area contributed by atoms with Crippen LogP contribution in [0.25, 0.3) is 0 Å². The number of hydrogen-bond donors (Lipinski definition) is 1. The average molecular weight is 285 g/mol. The van der Waals surface area contributed by atoms with E-state index in [0.29, 0.717) is 5.56 Å². The van der Waals surface area contributed by atoms with E-state index in [0.717, 1.165) is 5.56 Å². The predicted octanol–water partition coefficient (Wildman–Crippen LogP) is 1.79. The number of aliphatic carboxylic acids is 1. The van der Waals surface area contributed by atoms with Gasteiger partial charge in [0.05, 0.1) is 11.3 Å². The summed E-state index contributed by atoms with van der Waals surface area (Å²) in [7, 11) is -3.63. The summed E-state index contributed by atoms with van der Waals surface area (Å²) in [6.45, 7) is 5.50. The molecule has 0 aliphatic heterocycles. The van der Waals surface area contributed by atoms with Crippen molar-refractivity contribution in [3.8, 4) is 0 Å². The second-order valence-corrected chi connectivity index (χ2v) is 6.32. The van der Waals surface area contributed by atoms with Gasteiger partial charge in [-0.2, -0.15) is 4.31 Å². The van der Waals surface area contributed by atoms with Gasteiger partial charge in [0.25, 0.3) is 0 Å². The zero-order valence-corrected chi connectivity index (χ0v) is 12.2. The standard InChI is InChI=1S/C13H19NO4S/c1-4-14(8-7-13(15)16)19(17,18)12-9-10(2)5-6-11(12)3/h5-6,9H,4,7-8H2,1-3H3,(H,15,16). The topological polar surface area (TPSA) is 74.7 Å². The van der Waals surface area contributed by atoms with Gasteiger partial charge in [0.1, 0.15) is 0 Å². The smallest absolute Gasteiger partial charge is 0.304 e. The number of sulfonamides is 1. The van der Waals surface area contributed by atoms with Gasteiger partial charge < -0.3 is 5.11 Å². The second-order valence-electron chi connectivity index (χ2n) is 4.41. The molecule has 106 valence electrons. The summed E-state index contributed by atoms with van der Waals surface area (Å²) < 4.78 is 26.2. The third kappa shape index (κ3) is 3.78. The lowest BCUT2D eigenvalue weighted by atomic mass is 10.2. The molecule has 0 bridgehead atoms. The average Bonchev–Trinajstić information content (AvgIpc) is 2.32. The first-order valence-electron chi connectivity index (χ1n) is 6.08. The number of hydrogen-bond acceptors (Lipinski definition) is 3. The van der Waals surface area contributed by atoms with E-state index in [4.69, 9.17) is 5.11 Å². The van der Waals surface area contributed by atoms with E-state index in [1.165, 1.54) is 4.31 Å². The van der Waals surface area contributed by atoms with Gasteiger partial charge in [-0.05, 0) is 31.0 Å². The van der Waals surface area contributed by atoms with Crippen molar-refractivity contribution in [2.45, 2.75) is 32.1 Å². The van der Waals surface area contributed by atoms with Crippen molar-refractivity contribution in [2.24, 2.45) is 0 Å². The van der Waals surface area contributed by atoms with Crippen LogP contribution in [-0.4, -0.2) is 36.9 Å². The summed E-state index contributed by atoms with van der Waals surface area (Å²) in [6, 6.07) is 5.23. The molecule has 0 spiro atoms. The molecule has 0 aromatic heterocycles. The lowest BCUT2D eigenvalue weighted by molar-refractivity contribution is -0.137. The largest absolute Gasteiger partial charge is 0.481 e. The molecule has 0 aliphatic rings. The van der Waals surface area contributed by atoms with E-state index in [1.54, 1.807) is 26.0 Å². The van der Waals surface area contributed by atoms with Crippen molar-refractivity contribution in [1.82, 2.24) is 4.31 Å². The van der Waals surface area contributed by atoms with Crippen molar-refractivity contribution in [1.29, 1.82) is 0 Å². The highest BCUT2D eigenvalue weighted by Crippen LogP contribution is 2.21. The third-order valence-electron chi connectivity index (χ3n) is 2.89. The highest BCUT2D eigenvalue weighted by Gasteiger charge is 2.25. The Morgan fingerprint density at radius 2 is 1.95 bits per heavy atom. The molecule has 6 heteroatoms. The van der Waals surface area contributed by atoms with Gasteiger partial charge in [0, 0.05) is 13.1 Å². The maximum atomic E-state index is 12.5. The van der Waals surface area contributed by atoms with Crippen LogP contribution in [0.5, 0.6) is 0 Å². The number of benzene rings is 1. The van der Waals surface area contributed by atoms with Crippen LogP contribution in [0, 0.1) is 13.8 Å². The van der Waals surface area contributed by atoms with Crippen LogP contribution >= 0.6 is 0 Å². The maximum Gasteiger partial charge on any atom is 0.304 e. The van der Waals surface area contributed by atoms with Crippen LogP contribution in [0.3, 0.4) is 0 Å². The molecule has 1 aromatic carbocycles. The van der Waals surface area contributed by atoms with Gasteiger partial charge in [-0.1, -0.05) is 19.1 Å². The number of aryl methyl sites for hydroxylation is 2. The molecule has 1 rings (SSSR count). The summed E-state index contributed by atoms with van der Waals surface area (Å²) in [5.41, 5.74) is 1.53. The highest BCUT2D eigenvalue weighted by molar-refractivity contribution is 7.89. The van der Waals surface area contributed by atoms with E-state index in [-0.39, 0.29) is 24.4 Å². The summed E-state index contributed by atoms with van der Waals surface area (Å²) >= 11 is 0. The monoisotopic (exact) mass is 285 g/mol. The summed E-state index contributed by atoms with van der Waals surface area (Å²) in [6.07, 6.45) is -0.196. The first-order valence-corrected chi connectivity index (χ1v) is 7.52. The number of carboxylic acid groups (broad SMARTS) is 1. The van der Waals surface area contributed by atoms with E-state index in [9.17, 15) is 13.2 Å². The Balaban J connectivity index is 3.13. The Bertz CT molecular complexity index is 566. The summed E-state index contributed by atoms with van der Waals surface area (Å²) in [5, 5.41) is 8.67. The number of rotatable bonds is 6. The zero-order valence-electron chi connectivity index (χ0n) is 11.4. The van der Waals surface area contributed by atoms with Gasteiger partial charge in [-0.25, -0.2) is 8.42 Å². The number of carboxylic acids is 1. The molecule has 0 aliphatic carbocycles. The van der Waals surface area contributed by atoms with Crippen LogP contribution in [0.1, 0.15) is 24.5 Å². The molecule has 19 heavy (non-hydrogen) atoms. The first kappa shape index (κ1) is 15.7. The van der Waals surface area contributed by atoms with Crippen LogP contribution < -0.4 is 0 Å². The molecule has 0 amide bonds. The van der Waals surface area contributed by atoms with Gasteiger partial charge in [-0.15, -0.1) is 0 Å². The van der Waals surface area contributed by atoms with Crippen LogP contribution in [-0.2, 0) is 14.8 Å². The van der Waals surface area contributed by atoms with Crippen molar-refractivity contribution >= 4 is 16.0 Å². The molecule has 0 atom stereocenters. The van der Waals surface area contributed by atoms with Gasteiger partial charge in [0.15, 0.2) is 0 Å². The molecule has 1 aromatic rings. The molecule has 0 radical (unpaired) electrons. The van der Waals surface area contributed by atoms with Crippen molar-refractivity contribution < 1.29 is 18.3 Å². The maximum absolute atomic E-state index is 12.5. The molecule has 0 unspecified atom stereocenters. The quantitative estimate of drug-likeness (QED) is 0.864. The normalized spacial score (nSPS) is 11.8. The Hall–Kier alpha value is -1.40. The minimum Gasteiger partial charge on any atom is -0.481 e. The van der Waals surface area contributed by atoms with Crippen molar-refractivity contribution in [2.75, 3.05) is 13.1 Å². The molecule has 5 nitrogen and oxygen atoms in total. The van der Waals surface area contributed by atoms with Gasteiger partial charge >= 0.3 is 5.97 Å².